The fourth-order valence-electron chi connectivity index (χ4n) is 2.69. The van der Waals surface area contributed by atoms with Crippen LogP contribution in [0.25, 0.3) is 5.69 Å². The summed E-state index contributed by atoms with van der Waals surface area (Å²) >= 11 is 0. The Morgan fingerprint density at radius 3 is 2.22 bits per heavy atom. The molecule has 0 spiro atoms. The van der Waals surface area contributed by atoms with Crippen LogP contribution in [0.3, 0.4) is 0 Å². The van der Waals surface area contributed by atoms with E-state index < -0.39 is 6.09 Å². The van der Waals surface area contributed by atoms with Crippen molar-refractivity contribution in [2.24, 2.45) is 0 Å². The lowest BCUT2D eigenvalue weighted by Gasteiger charge is -2.16. The van der Waals surface area contributed by atoms with Crippen molar-refractivity contribution in [2.75, 3.05) is 24.4 Å². The molecule has 0 radical (unpaired) electrons. The standard InChI is InChI=1S/C21H21N3O3/c1-23(21(26)27-2)18-11-7-17(8-12-18)22-20(25)15-16-5-9-19(10-6-16)24-13-3-4-14-24/h3-14H,15H2,1-2H3,(H,22,25). The van der Waals surface area contributed by atoms with Crippen LogP contribution in [-0.4, -0.2) is 30.7 Å². The van der Waals surface area contributed by atoms with E-state index in [1.807, 2.05) is 53.4 Å². The average Bonchev–Trinajstić information content (AvgIpc) is 3.22. The molecular formula is C21H21N3O3. The summed E-state index contributed by atoms with van der Waals surface area (Å²) in [7, 11) is 2.95. The van der Waals surface area contributed by atoms with Crippen LogP contribution in [-0.2, 0) is 16.0 Å². The summed E-state index contributed by atoms with van der Waals surface area (Å²) in [6.45, 7) is 0. The van der Waals surface area contributed by atoms with Gasteiger partial charge in [-0.2, -0.15) is 0 Å². The van der Waals surface area contributed by atoms with Crippen LogP contribution in [0.2, 0.25) is 0 Å². The fraction of sp³-hybridized carbons (Fsp3) is 0.143. The number of nitrogens with zero attached hydrogens (tertiary/aromatic N) is 2. The molecule has 6 heteroatoms. The second kappa shape index (κ2) is 8.23. The molecule has 6 nitrogen and oxygen atoms in total. The number of carbonyl (C=O) groups excluding carboxylic acids is 2. The molecule has 0 fully saturated rings. The summed E-state index contributed by atoms with van der Waals surface area (Å²) in [6.07, 6.45) is 3.79. The van der Waals surface area contributed by atoms with Gasteiger partial charge in [0.05, 0.1) is 13.5 Å². The van der Waals surface area contributed by atoms with Gasteiger partial charge in [-0.25, -0.2) is 4.79 Å². The first-order chi connectivity index (χ1) is 13.1. The zero-order valence-electron chi connectivity index (χ0n) is 15.3. The number of ether oxygens (including phenoxy) is 1. The summed E-state index contributed by atoms with van der Waals surface area (Å²) in [4.78, 5) is 25.2. The van der Waals surface area contributed by atoms with Crippen LogP contribution in [0.1, 0.15) is 5.56 Å². The lowest BCUT2D eigenvalue weighted by atomic mass is 10.1. The molecule has 1 heterocycles. The minimum absolute atomic E-state index is 0.0993. The van der Waals surface area contributed by atoms with E-state index in [1.54, 1.807) is 31.3 Å². The number of anilines is 2. The van der Waals surface area contributed by atoms with Gasteiger partial charge in [0, 0.05) is 36.5 Å². The van der Waals surface area contributed by atoms with E-state index in [-0.39, 0.29) is 12.3 Å². The van der Waals surface area contributed by atoms with Gasteiger partial charge >= 0.3 is 6.09 Å². The van der Waals surface area contributed by atoms with Gasteiger partial charge in [-0.15, -0.1) is 0 Å². The van der Waals surface area contributed by atoms with E-state index in [2.05, 4.69) is 10.1 Å². The van der Waals surface area contributed by atoms with Crippen LogP contribution >= 0.6 is 0 Å². The Morgan fingerprint density at radius 1 is 1.00 bits per heavy atom. The highest BCUT2D eigenvalue weighted by Crippen LogP contribution is 2.18. The molecule has 0 aliphatic heterocycles. The summed E-state index contributed by atoms with van der Waals surface area (Å²) in [5, 5.41) is 2.86. The van der Waals surface area contributed by atoms with Crippen LogP contribution in [0.4, 0.5) is 16.2 Å². The SMILES string of the molecule is COC(=O)N(C)c1ccc(NC(=O)Cc2ccc(-n3cccc3)cc2)cc1. The molecular weight excluding hydrogens is 342 g/mol. The Kier molecular flexibility index (Phi) is 5.56. The number of benzene rings is 2. The zero-order chi connectivity index (χ0) is 19.2. The third-order valence-electron chi connectivity index (χ3n) is 4.19. The highest BCUT2D eigenvalue weighted by atomic mass is 16.5. The van der Waals surface area contributed by atoms with Crippen molar-refractivity contribution in [3.05, 3.63) is 78.6 Å². The Hall–Kier alpha value is -3.54. The first kappa shape index (κ1) is 18.3. The van der Waals surface area contributed by atoms with Crippen LogP contribution in [0.15, 0.2) is 73.1 Å². The predicted molar refractivity (Wildman–Crippen MR) is 105 cm³/mol. The summed E-state index contributed by atoms with van der Waals surface area (Å²) in [5.74, 6) is -0.0993. The van der Waals surface area contributed by atoms with Crippen molar-refractivity contribution in [3.63, 3.8) is 0 Å². The highest BCUT2D eigenvalue weighted by Gasteiger charge is 2.11. The minimum atomic E-state index is -0.449. The molecule has 0 aliphatic carbocycles. The maximum atomic E-state index is 12.3. The van der Waals surface area contributed by atoms with Gasteiger partial charge in [0.15, 0.2) is 0 Å². The summed E-state index contributed by atoms with van der Waals surface area (Å²) in [6, 6.07) is 18.8. The number of amides is 2. The largest absolute Gasteiger partial charge is 0.452 e. The maximum Gasteiger partial charge on any atom is 0.413 e. The zero-order valence-corrected chi connectivity index (χ0v) is 15.3. The number of rotatable bonds is 5. The highest BCUT2D eigenvalue weighted by molar-refractivity contribution is 5.93. The number of hydrogen-bond acceptors (Lipinski definition) is 3. The summed E-state index contributed by atoms with van der Waals surface area (Å²) in [5.41, 5.74) is 3.34. The van der Waals surface area contributed by atoms with E-state index in [0.29, 0.717) is 11.4 Å². The monoisotopic (exact) mass is 363 g/mol. The third kappa shape index (κ3) is 4.55. The first-order valence-corrected chi connectivity index (χ1v) is 8.50. The van der Waals surface area contributed by atoms with Gasteiger partial charge in [0.1, 0.15) is 0 Å². The van der Waals surface area contributed by atoms with Gasteiger partial charge in [-0.3, -0.25) is 9.69 Å². The number of nitrogens with one attached hydrogen (secondary N) is 1. The lowest BCUT2D eigenvalue weighted by molar-refractivity contribution is -0.115. The first-order valence-electron chi connectivity index (χ1n) is 8.50. The Balaban J connectivity index is 1.58. The molecule has 3 aromatic rings. The quantitative estimate of drug-likeness (QED) is 0.749. The molecule has 138 valence electrons. The van der Waals surface area contributed by atoms with Crippen LogP contribution in [0, 0.1) is 0 Å². The number of methoxy groups -OCH3 is 1. The fourth-order valence-corrected chi connectivity index (χ4v) is 2.69. The predicted octanol–water partition coefficient (Wildman–Crippen LogP) is 3.86. The Labute approximate surface area is 158 Å². The lowest BCUT2D eigenvalue weighted by Crippen LogP contribution is -2.25. The van der Waals surface area contributed by atoms with Gasteiger partial charge in [0.25, 0.3) is 0 Å². The molecule has 0 atom stereocenters. The smallest absolute Gasteiger partial charge is 0.413 e. The summed E-state index contributed by atoms with van der Waals surface area (Å²) < 4.78 is 6.69. The molecule has 0 saturated carbocycles. The molecule has 1 N–H and O–H groups in total. The average molecular weight is 363 g/mol. The molecule has 1 aromatic heterocycles. The van der Waals surface area contributed by atoms with E-state index in [1.165, 1.54) is 12.0 Å². The van der Waals surface area contributed by atoms with Crippen molar-refractivity contribution >= 4 is 23.4 Å². The molecule has 0 aliphatic rings. The Morgan fingerprint density at radius 2 is 1.63 bits per heavy atom. The van der Waals surface area contributed by atoms with Crippen molar-refractivity contribution in [3.8, 4) is 5.69 Å². The van der Waals surface area contributed by atoms with Crippen molar-refractivity contribution in [2.45, 2.75) is 6.42 Å². The number of carbonyl (C=O) groups is 2. The van der Waals surface area contributed by atoms with Gasteiger partial charge in [-0.05, 0) is 54.1 Å². The topological polar surface area (TPSA) is 63.6 Å². The second-order valence-electron chi connectivity index (χ2n) is 6.06. The molecule has 2 aromatic carbocycles. The molecule has 2 amide bonds. The molecule has 27 heavy (non-hydrogen) atoms. The normalized spacial score (nSPS) is 10.3. The third-order valence-corrected chi connectivity index (χ3v) is 4.19. The van der Waals surface area contributed by atoms with E-state index in [9.17, 15) is 9.59 Å². The van der Waals surface area contributed by atoms with E-state index in [0.717, 1.165) is 11.3 Å². The van der Waals surface area contributed by atoms with Crippen molar-refractivity contribution in [1.29, 1.82) is 0 Å². The van der Waals surface area contributed by atoms with Gasteiger partial charge in [0.2, 0.25) is 5.91 Å². The molecule has 0 unspecified atom stereocenters. The Bertz CT molecular complexity index is 901. The van der Waals surface area contributed by atoms with Crippen LogP contribution < -0.4 is 10.2 Å². The number of aromatic nitrogens is 1. The second-order valence-corrected chi connectivity index (χ2v) is 6.06. The van der Waals surface area contributed by atoms with Crippen LogP contribution in [0.5, 0.6) is 0 Å². The van der Waals surface area contributed by atoms with Gasteiger partial charge in [-0.1, -0.05) is 12.1 Å². The maximum absolute atomic E-state index is 12.3. The van der Waals surface area contributed by atoms with Gasteiger partial charge < -0.3 is 14.6 Å². The van der Waals surface area contributed by atoms with E-state index >= 15 is 0 Å². The molecule has 3 rings (SSSR count). The molecule has 0 saturated heterocycles. The number of hydrogen-bond donors (Lipinski definition) is 1. The van der Waals surface area contributed by atoms with Crippen molar-refractivity contribution in [1.82, 2.24) is 4.57 Å². The molecule has 0 bridgehead atoms. The van der Waals surface area contributed by atoms with Crippen molar-refractivity contribution < 1.29 is 14.3 Å². The van der Waals surface area contributed by atoms with E-state index in [4.69, 9.17) is 0 Å². The minimum Gasteiger partial charge on any atom is -0.452 e.